The quantitative estimate of drug-likeness (QED) is 0.910. The lowest BCUT2D eigenvalue weighted by molar-refractivity contribution is -0.0498. The Morgan fingerprint density at radius 1 is 1.32 bits per heavy atom. The van der Waals surface area contributed by atoms with E-state index in [9.17, 15) is 8.78 Å². The normalized spacial score (nSPS) is 23.7. The van der Waals surface area contributed by atoms with Gasteiger partial charge in [-0.2, -0.15) is 8.78 Å². The summed E-state index contributed by atoms with van der Waals surface area (Å²) in [5, 5.41) is 3.33. The van der Waals surface area contributed by atoms with Gasteiger partial charge in [-0.3, -0.25) is 0 Å². The van der Waals surface area contributed by atoms with Crippen molar-refractivity contribution < 1.29 is 13.5 Å². The smallest absolute Gasteiger partial charge is 0.387 e. The first-order valence-electron chi connectivity index (χ1n) is 6.57. The second-order valence-corrected chi connectivity index (χ2v) is 4.98. The predicted molar refractivity (Wildman–Crippen MR) is 71.9 cm³/mol. The standard InChI is InChI=1S/C14H20F2N2O/c1-10-9-18(8-7-13(10)17-2)11-3-5-12(6-4-11)19-14(15)16/h3-6,10,13-14,17H,7-9H2,1-2H3. The van der Waals surface area contributed by atoms with Gasteiger partial charge in [-0.05, 0) is 43.7 Å². The third kappa shape index (κ3) is 3.56. The highest BCUT2D eigenvalue weighted by atomic mass is 19.3. The molecule has 1 heterocycles. The van der Waals surface area contributed by atoms with Crippen LogP contribution in [0.15, 0.2) is 24.3 Å². The maximum absolute atomic E-state index is 12.1. The predicted octanol–water partition coefficient (Wildman–Crippen LogP) is 2.72. The number of piperidine rings is 1. The van der Waals surface area contributed by atoms with Crippen LogP contribution in [0.3, 0.4) is 0 Å². The third-order valence-corrected chi connectivity index (χ3v) is 3.70. The number of ether oxygens (including phenoxy) is 1. The molecule has 106 valence electrons. The Kier molecular flexibility index (Phi) is 4.58. The molecule has 0 aromatic heterocycles. The molecule has 2 unspecified atom stereocenters. The maximum atomic E-state index is 12.1. The summed E-state index contributed by atoms with van der Waals surface area (Å²) in [5.74, 6) is 0.771. The van der Waals surface area contributed by atoms with Gasteiger partial charge in [0.25, 0.3) is 0 Å². The van der Waals surface area contributed by atoms with Crippen molar-refractivity contribution in [2.75, 3.05) is 25.0 Å². The van der Waals surface area contributed by atoms with Crippen LogP contribution in [0.4, 0.5) is 14.5 Å². The molecule has 0 aliphatic carbocycles. The summed E-state index contributed by atoms with van der Waals surface area (Å²) < 4.78 is 28.5. The van der Waals surface area contributed by atoms with E-state index in [-0.39, 0.29) is 5.75 Å². The Bertz CT molecular complexity index is 397. The first-order valence-corrected chi connectivity index (χ1v) is 6.57. The molecule has 1 aliphatic rings. The van der Waals surface area contributed by atoms with E-state index in [0.717, 1.165) is 25.2 Å². The molecule has 1 aliphatic heterocycles. The van der Waals surface area contributed by atoms with Crippen molar-refractivity contribution >= 4 is 5.69 Å². The van der Waals surface area contributed by atoms with E-state index in [2.05, 4.69) is 21.9 Å². The lowest BCUT2D eigenvalue weighted by Gasteiger charge is -2.38. The summed E-state index contributed by atoms with van der Waals surface area (Å²) >= 11 is 0. The van der Waals surface area contributed by atoms with Gasteiger partial charge < -0.3 is 15.0 Å². The molecule has 2 rings (SSSR count). The van der Waals surface area contributed by atoms with Crippen molar-refractivity contribution in [2.24, 2.45) is 5.92 Å². The van der Waals surface area contributed by atoms with Gasteiger partial charge in [0.15, 0.2) is 0 Å². The van der Waals surface area contributed by atoms with Crippen LogP contribution in [0, 0.1) is 5.92 Å². The van der Waals surface area contributed by atoms with Crippen molar-refractivity contribution in [2.45, 2.75) is 26.0 Å². The van der Waals surface area contributed by atoms with Crippen LogP contribution in [0.2, 0.25) is 0 Å². The summed E-state index contributed by atoms with van der Waals surface area (Å²) in [4.78, 5) is 2.28. The zero-order valence-corrected chi connectivity index (χ0v) is 11.3. The van der Waals surface area contributed by atoms with Crippen molar-refractivity contribution in [1.82, 2.24) is 5.32 Å². The van der Waals surface area contributed by atoms with Gasteiger partial charge in [0.2, 0.25) is 0 Å². The zero-order chi connectivity index (χ0) is 13.8. The van der Waals surface area contributed by atoms with Crippen molar-refractivity contribution in [3.05, 3.63) is 24.3 Å². The van der Waals surface area contributed by atoms with E-state index < -0.39 is 6.61 Å². The maximum Gasteiger partial charge on any atom is 0.387 e. The van der Waals surface area contributed by atoms with Gasteiger partial charge >= 0.3 is 6.61 Å². The molecule has 1 fully saturated rings. The molecule has 1 N–H and O–H groups in total. The number of halogens is 2. The van der Waals surface area contributed by atoms with Crippen LogP contribution in [-0.4, -0.2) is 32.8 Å². The van der Waals surface area contributed by atoms with Gasteiger partial charge in [0.1, 0.15) is 5.75 Å². The van der Waals surface area contributed by atoms with Gasteiger partial charge in [0, 0.05) is 24.8 Å². The molecule has 0 saturated carbocycles. The van der Waals surface area contributed by atoms with Crippen LogP contribution in [0.1, 0.15) is 13.3 Å². The minimum atomic E-state index is -2.77. The Morgan fingerprint density at radius 3 is 2.53 bits per heavy atom. The Balaban J connectivity index is 1.99. The minimum Gasteiger partial charge on any atom is -0.435 e. The van der Waals surface area contributed by atoms with E-state index in [0.29, 0.717) is 12.0 Å². The molecule has 19 heavy (non-hydrogen) atoms. The molecule has 3 nitrogen and oxygen atoms in total. The van der Waals surface area contributed by atoms with Gasteiger partial charge in [-0.1, -0.05) is 6.92 Å². The topological polar surface area (TPSA) is 24.5 Å². The molecule has 0 radical (unpaired) electrons. The Labute approximate surface area is 112 Å². The average Bonchev–Trinajstić information content (AvgIpc) is 2.39. The van der Waals surface area contributed by atoms with E-state index >= 15 is 0 Å². The molecule has 1 aromatic rings. The summed E-state index contributed by atoms with van der Waals surface area (Å²) in [6, 6.07) is 7.42. The lowest BCUT2D eigenvalue weighted by Crippen LogP contribution is -2.47. The molecule has 0 spiro atoms. The SMILES string of the molecule is CNC1CCN(c2ccc(OC(F)F)cc2)CC1C. The fourth-order valence-corrected chi connectivity index (χ4v) is 2.65. The number of hydrogen-bond acceptors (Lipinski definition) is 3. The van der Waals surface area contributed by atoms with Gasteiger partial charge in [-0.25, -0.2) is 0 Å². The summed E-state index contributed by atoms with van der Waals surface area (Å²) in [5.41, 5.74) is 1.06. The lowest BCUT2D eigenvalue weighted by atomic mass is 9.93. The highest BCUT2D eigenvalue weighted by molar-refractivity contribution is 5.49. The van der Waals surface area contributed by atoms with E-state index in [4.69, 9.17) is 0 Å². The van der Waals surface area contributed by atoms with Crippen LogP contribution < -0.4 is 15.0 Å². The van der Waals surface area contributed by atoms with Crippen LogP contribution >= 0.6 is 0 Å². The number of nitrogens with one attached hydrogen (secondary N) is 1. The molecular formula is C14H20F2N2O. The fraction of sp³-hybridized carbons (Fsp3) is 0.571. The summed E-state index contributed by atoms with van der Waals surface area (Å²) in [7, 11) is 1.99. The van der Waals surface area contributed by atoms with Crippen LogP contribution in [0.25, 0.3) is 0 Å². The zero-order valence-electron chi connectivity index (χ0n) is 11.3. The monoisotopic (exact) mass is 270 g/mol. The third-order valence-electron chi connectivity index (χ3n) is 3.70. The fourth-order valence-electron chi connectivity index (χ4n) is 2.65. The Hall–Kier alpha value is -1.36. The first kappa shape index (κ1) is 14.1. The van der Waals surface area contributed by atoms with Gasteiger partial charge in [0.05, 0.1) is 0 Å². The van der Waals surface area contributed by atoms with Crippen LogP contribution in [-0.2, 0) is 0 Å². The highest BCUT2D eigenvalue weighted by Gasteiger charge is 2.24. The van der Waals surface area contributed by atoms with Crippen molar-refractivity contribution in [3.8, 4) is 5.75 Å². The van der Waals surface area contributed by atoms with Crippen LogP contribution in [0.5, 0.6) is 5.75 Å². The van der Waals surface area contributed by atoms with E-state index in [1.165, 1.54) is 0 Å². The number of nitrogens with zero attached hydrogens (tertiary/aromatic N) is 1. The molecular weight excluding hydrogens is 250 g/mol. The summed E-state index contributed by atoms with van der Waals surface area (Å²) in [6.45, 7) is 1.41. The molecule has 1 aromatic carbocycles. The number of anilines is 1. The molecule has 0 amide bonds. The summed E-state index contributed by atoms with van der Waals surface area (Å²) in [6.07, 6.45) is 1.09. The average molecular weight is 270 g/mol. The molecule has 5 heteroatoms. The molecule has 1 saturated heterocycles. The van der Waals surface area contributed by atoms with E-state index in [1.54, 1.807) is 12.1 Å². The first-order chi connectivity index (χ1) is 9.10. The largest absolute Gasteiger partial charge is 0.435 e. The number of rotatable bonds is 4. The van der Waals surface area contributed by atoms with Crippen molar-refractivity contribution in [3.63, 3.8) is 0 Å². The number of benzene rings is 1. The highest BCUT2D eigenvalue weighted by Crippen LogP contribution is 2.25. The second-order valence-electron chi connectivity index (χ2n) is 4.98. The number of hydrogen-bond donors (Lipinski definition) is 1. The minimum absolute atomic E-state index is 0.205. The van der Waals surface area contributed by atoms with E-state index in [1.807, 2.05) is 19.2 Å². The molecule has 2 atom stereocenters. The van der Waals surface area contributed by atoms with Crippen molar-refractivity contribution in [1.29, 1.82) is 0 Å². The second kappa shape index (κ2) is 6.19. The van der Waals surface area contributed by atoms with Gasteiger partial charge in [-0.15, -0.1) is 0 Å². The Morgan fingerprint density at radius 2 is 2.00 bits per heavy atom. The number of alkyl halides is 2. The molecule has 0 bridgehead atoms.